The Kier molecular flexibility index (Phi) is 5.99. The number of rotatable bonds is 6. The van der Waals surface area contributed by atoms with E-state index in [0.717, 1.165) is 5.56 Å². The molecule has 0 fully saturated rings. The van der Waals surface area contributed by atoms with Crippen molar-refractivity contribution in [3.63, 3.8) is 0 Å². The number of aliphatic hydroxyl groups excluding tert-OH is 1. The van der Waals surface area contributed by atoms with E-state index in [1.165, 1.54) is 12.7 Å². The molecule has 0 saturated carbocycles. The molecule has 4 nitrogen and oxygen atoms in total. The molecular weight excluding hydrogens is 242 g/mol. The number of ether oxygens (including phenoxy) is 1. The summed E-state index contributed by atoms with van der Waals surface area (Å²) in [4.78, 5) is 11.3. The van der Waals surface area contributed by atoms with E-state index >= 15 is 0 Å². The van der Waals surface area contributed by atoms with E-state index in [-0.39, 0.29) is 18.4 Å². The van der Waals surface area contributed by atoms with Crippen LogP contribution in [-0.4, -0.2) is 31.3 Å². The molecule has 1 aromatic rings. The standard InChI is InChI=1S/C15H23NO3/c1-10(2)11-5-7-12(8-6-11)15(18)13(16-3)9-14(17)19-4/h5-8,10,13,15-16,18H,9H2,1-4H3. The van der Waals surface area contributed by atoms with Crippen molar-refractivity contribution in [2.45, 2.75) is 38.3 Å². The average molecular weight is 265 g/mol. The first-order chi connectivity index (χ1) is 8.99. The van der Waals surface area contributed by atoms with E-state index in [9.17, 15) is 9.90 Å². The Hall–Kier alpha value is -1.39. The van der Waals surface area contributed by atoms with Crippen LogP contribution in [0.25, 0.3) is 0 Å². The van der Waals surface area contributed by atoms with E-state index in [4.69, 9.17) is 0 Å². The molecule has 106 valence electrons. The highest BCUT2D eigenvalue weighted by Crippen LogP contribution is 2.22. The minimum absolute atomic E-state index is 0.139. The first kappa shape index (κ1) is 15.7. The lowest BCUT2D eigenvalue weighted by Crippen LogP contribution is -2.34. The predicted octanol–water partition coefficient (Wildman–Crippen LogP) is 1.99. The summed E-state index contributed by atoms with van der Waals surface area (Å²) < 4.78 is 4.63. The molecule has 0 spiro atoms. The van der Waals surface area contributed by atoms with Crippen molar-refractivity contribution in [1.82, 2.24) is 5.32 Å². The molecule has 0 amide bonds. The summed E-state index contributed by atoms with van der Waals surface area (Å²) in [6.45, 7) is 4.25. The number of nitrogens with one attached hydrogen (secondary N) is 1. The molecule has 0 heterocycles. The summed E-state index contributed by atoms with van der Waals surface area (Å²) in [5.41, 5.74) is 2.03. The third-order valence-electron chi connectivity index (χ3n) is 3.31. The summed E-state index contributed by atoms with van der Waals surface area (Å²) in [6, 6.07) is 7.48. The molecule has 0 aromatic heterocycles. The molecule has 2 N–H and O–H groups in total. The number of carbonyl (C=O) groups is 1. The van der Waals surface area contributed by atoms with Crippen LogP contribution in [0.5, 0.6) is 0 Å². The monoisotopic (exact) mass is 265 g/mol. The van der Waals surface area contributed by atoms with Crippen molar-refractivity contribution in [3.8, 4) is 0 Å². The third-order valence-corrected chi connectivity index (χ3v) is 3.31. The van der Waals surface area contributed by atoms with E-state index in [2.05, 4.69) is 23.9 Å². The summed E-state index contributed by atoms with van der Waals surface area (Å²) in [5, 5.41) is 13.2. The molecule has 0 bridgehead atoms. The van der Waals surface area contributed by atoms with Crippen LogP contribution in [-0.2, 0) is 9.53 Å². The largest absolute Gasteiger partial charge is 0.469 e. The van der Waals surface area contributed by atoms with Gasteiger partial charge in [-0.25, -0.2) is 0 Å². The van der Waals surface area contributed by atoms with E-state index in [0.29, 0.717) is 5.92 Å². The lowest BCUT2D eigenvalue weighted by atomic mass is 9.96. The average Bonchev–Trinajstić information content (AvgIpc) is 2.43. The molecule has 1 rings (SSSR count). The Morgan fingerprint density at radius 2 is 1.79 bits per heavy atom. The molecule has 1 aromatic carbocycles. The number of esters is 1. The van der Waals surface area contributed by atoms with Gasteiger partial charge in [0.05, 0.1) is 19.6 Å². The highest BCUT2D eigenvalue weighted by molar-refractivity contribution is 5.70. The van der Waals surface area contributed by atoms with Gasteiger partial charge in [0.2, 0.25) is 0 Å². The number of hydrogen-bond acceptors (Lipinski definition) is 4. The fraction of sp³-hybridized carbons (Fsp3) is 0.533. The maximum atomic E-state index is 11.3. The number of carbonyl (C=O) groups excluding carboxylic acids is 1. The van der Waals surface area contributed by atoms with Crippen molar-refractivity contribution in [1.29, 1.82) is 0 Å². The van der Waals surface area contributed by atoms with Gasteiger partial charge in [-0.2, -0.15) is 0 Å². The first-order valence-electron chi connectivity index (χ1n) is 6.51. The first-order valence-corrected chi connectivity index (χ1v) is 6.51. The zero-order valence-corrected chi connectivity index (χ0v) is 12.0. The summed E-state index contributed by atoms with van der Waals surface area (Å²) in [5.74, 6) is 0.124. The third kappa shape index (κ3) is 4.33. The van der Waals surface area contributed by atoms with Gasteiger partial charge in [0.15, 0.2) is 0 Å². The van der Waals surface area contributed by atoms with Crippen LogP contribution in [0.3, 0.4) is 0 Å². The van der Waals surface area contributed by atoms with Crippen LogP contribution in [0, 0.1) is 0 Å². The number of likely N-dealkylation sites (N-methyl/N-ethyl adjacent to an activating group) is 1. The Bertz CT molecular complexity index is 400. The number of hydrogen-bond donors (Lipinski definition) is 2. The van der Waals surface area contributed by atoms with Crippen molar-refractivity contribution < 1.29 is 14.6 Å². The van der Waals surface area contributed by atoms with Gasteiger partial charge in [-0.15, -0.1) is 0 Å². The molecule has 2 unspecified atom stereocenters. The van der Waals surface area contributed by atoms with Crippen LogP contribution in [0.1, 0.15) is 43.4 Å². The lowest BCUT2D eigenvalue weighted by molar-refractivity contribution is -0.141. The molecule has 0 aliphatic rings. The molecule has 4 heteroatoms. The van der Waals surface area contributed by atoms with Gasteiger partial charge in [-0.3, -0.25) is 4.79 Å². The van der Waals surface area contributed by atoms with Crippen LogP contribution in [0.2, 0.25) is 0 Å². The Labute approximate surface area is 114 Å². The smallest absolute Gasteiger partial charge is 0.307 e. The molecule has 0 aliphatic heterocycles. The molecule has 0 saturated heterocycles. The van der Waals surface area contributed by atoms with Gasteiger partial charge < -0.3 is 15.2 Å². The minimum Gasteiger partial charge on any atom is -0.469 e. The normalized spacial score (nSPS) is 14.2. The van der Waals surface area contributed by atoms with Crippen LogP contribution >= 0.6 is 0 Å². The van der Waals surface area contributed by atoms with Crippen molar-refractivity contribution in [2.75, 3.05) is 14.2 Å². The van der Waals surface area contributed by atoms with E-state index in [1.807, 2.05) is 24.3 Å². The Morgan fingerprint density at radius 1 is 1.26 bits per heavy atom. The van der Waals surface area contributed by atoms with E-state index in [1.54, 1.807) is 7.05 Å². The number of aliphatic hydroxyl groups is 1. The molecule has 0 radical (unpaired) electrons. The highest BCUT2D eigenvalue weighted by atomic mass is 16.5. The van der Waals surface area contributed by atoms with E-state index < -0.39 is 6.10 Å². The van der Waals surface area contributed by atoms with Crippen LogP contribution in [0.4, 0.5) is 0 Å². The molecule has 0 aliphatic carbocycles. The Morgan fingerprint density at radius 3 is 2.21 bits per heavy atom. The maximum absolute atomic E-state index is 11.3. The minimum atomic E-state index is -0.731. The van der Waals surface area contributed by atoms with Crippen LogP contribution < -0.4 is 5.32 Å². The SMILES string of the molecule is CNC(CC(=O)OC)C(O)c1ccc(C(C)C)cc1. The zero-order valence-electron chi connectivity index (χ0n) is 12.0. The van der Waals surface area contributed by atoms with Gasteiger partial charge in [0.1, 0.15) is 0 Å². The maximum Gasteiger partial charge on any atom is 0.307 e. The fourth-order valence-electron chi connectivity index (χ4n) is 1.94. The molecule has 2 atom stereocenters. The predicted molar refractivity (Wildman–Crippen MR) is 75.0 cm³/mol. The number of methoxy groups -OCH3 is 1. The van der Waals surface area contributed by atoms with Gasteiger partial charge >= 0.3 is 5.97 Å². The zero-order chi connectivity index (χ0) is 14.4. The fourth-order valence-corrected chi connectivity index (χ4v) is 1.94. The molecular formula is C15H23NO3. The summed E-state index contributed by atoms with van der Waals surface area (Å²) in [6.07, 6.45) is -0.592. The lowest BCUT2D eigenvalue weighted by Gasteiger charge is -2.22. The quantitative estimate of drug-likeness (QED) is 0.772. The second-order valence-corrected chi connectivity index (χ2v) is 4.94. The van der Waals surface area contributed by atoms with Crippen LogP contribution in [0.15, 0.2) is 24.3 Å². The topological polar surface area (TPSA) is 58.6 Å². The van der Waals surface area contributed by atoms with Crippen molar-refractivity contribution >= 4 is 5.97 Å². The van der Waals surface area contributed by atoms with Gasteiger partial charge in [-0.1, -0.05) is 38.1 Å². The van der Waals surface area contributed by atoms with Crippen molar-refractivity contribution in [2.24, 2.45) is 0 Å². The second-order valence-electron chi connectivity index (χ2n) is 4.94. The summed E-state index contributed by atoms with van der Waals surface area (Å²) in [7, 11) is 3.07. The van der Waals surface area contributed by atoms with Gasteiger partial charge in [-0.05, 0) is 24.1 Å². The Balaban J connectivity index is 2.79. The number of benzene rings is 1. The molecule has 19 heavy (non-hydrogen) atoms. The van der Waals surface area contributed by atoms with Gasteiger partial charge in [0, 0.05) is 6.04 Å². The second kappa shape index (κ2) is 7.26. The van der Waals surface area contributed by atoms with Crippen molar-refractivity contribution in [3.05, 3.63) is 35.4 Å². The van der Waals surface area contributed by atoms with Gasteiger partial charge in [0.25, 0.3) is 0 Å². The summed E-state index contributed by atoms with van der Waals surface area (Å²) >= 11 is 0. The highest BCUT2D eigenvalue weighted by Gasteiger charge is 2.22.